The molecule has 0 bridgehead atoms. The van der Waals surface area contributed by atoms with Crippen molar-refractivity contribution in [3.8, 4) is 0 Å². The van der Waals surface area contributed by atoms with Crippen molar-refractivity contribution < 1.29 is 9.59 Å². The van der Waals surface area contributed by atoms with E-state index in [9.17, 15) is 9.59 Å². The second-order valence-electron chi connectivity index (χ2n) is 7.01. The summed E-state index contributed by atoms with van der Waals surface area (Å²) in [6.45, 7) is 9.02. The number of anilines is 1. The van der Waals surface area contributed by atoms with Crippen LogP contribution >= 0.6 is 0 Å². The Kier molecular flexibility index (Phi) is 6.44. The van der Waals surface area contributed by atoms with Crippen LogP contribution in [0.15, 0.2) is 24.4 Å². The minimum atomic E-state index is 0.147. The van der Waals surface area contributed by atoms with E-state index in [2.05, 4.69) is 14.8 Å². The zero-order chi connectivity index (χ0) is 18.4. The monoisotopic (exact) mass is 359 g/mol. The summed E-state index contributed by atoms with van der Waals surface area (Å²) in [5.74, 6) is 1.37. The Labute approximate surface area is 155 Å². The van der Waals surface area contributed by atoms with E-state index in [0.29, 0.717) is 6.42 Å². The molecule has 2 fully saturated rings. The summed E-state index contributed by atoms with van der Waals surface area (Å²) in [5, 5.41) is 0. The van der Waals surface area contributed by atoms with Gasteiger partial charge in [-0.05, 0) is 25.1 Å². The second kappa shape index (κ2) is 8.98. The number of hydrogen-bond donors (Lipinski definition) is 0. The number of amides is 2. The van der Waals surface area contributed by atoms with E-state index in [-0.39, 0.29) is 11.8 Å². The molecule has 0 unspecified atom stereocenters. The highest BCUT2D eigenvalue weighted by molar-refractivity contribution is 5.76. The maximum absolute atomic E-state index is 12.5. The van der Waals surface area contributed by atoms with Crippen LogP contribution in [0.3, 0.4) is 0 Å². The average molecular weight is 359 g/mol. The van der Waals surface area contributed by atoms with Crippen LogP contribution in [0.5, 0.6) is 0 Å². The van der Waals surface area contributed by atoms with Gasteiger partial charge in [-0.15, -0.1) is 0 Å². The van der Waals surface area contributed by atoms with Gasteiger partial charge in [-0.25, -0.2) is 4.98 Å². The highest BCUT2D eigenvalue weighted by Gasteiger charge is 2.23. The molecule has 0 radical (unpaired) electrons. The predicted octanol–water partition coefficient (Wildman–Crippen LogP) is 0.675. The SMILES string of the molecule is CC(=O)N1CCCN(CCC(=O)N2CCN(c3ccccn3)CC2)CC1. The third-order valence-corrected chi connectivity index (χ3v) is 5.28. The van der Waals surface area contributed by atoms with Crippen molar-refractivity contribution in [1.82, 2.24) is 19.7 Å². The first-order chi connectivity index (χ1) is 12.6. The lowest BCUT2D eigenvalue weighted by atomic mass is 10.2. The van der Waals surface area contributed by atoms with E-state index in [1.54, 1.807) is 13.1 Å². The van der Waals surface area contributed by atoms with E-state index in [1.807, 2.05) is 28.0 Å². The van der Waals surface area contributed by atoms with Crippen LogP contribution in [-0.2, 0) is 9.59 Å². The summed E-state index contributed by atoms with van der Waals surface area (Å²) in [4.78, 5) is 36.8. The molecule has 0 spiro atoms. The summed E-state index contributed by atoms with van der Waals surface area (Å²) in [6.07, 6.45) is 3.35. The number of aromatic nitrogens is 1. The molecule has 1 aromatic rings. The molecule has 2 amide bonds. The molecule has 2 aliphatic heterocycles. The van der Waals surface area contributed by atoms with Crippen molar-refractivity contribution in [2.24, 2.45) is 0 Å². The molecule has 26 heavy (non-hydrogen) atoms. The van der Waals surface area contributed by atoms with Gasteiger partial charge in [0.1, 0.15) is 5.82 Å². The van der Waals surface area contributed by atoms with Gasteiger partial charge in [0.2, 0.25) is 11.8 Å². The molecule has 3 heterocycles. The fraction of sp³-hybridized carbons (Fsp3) is 0.632. The van der Waals surface area contributed by atoms with Crippen LogP contribution in [0.1, 0.15) is 19.8 Å². The first kappa shape index (κ1) is 18.6. The van der Waals surface area contributed by atoms with E-state index in [0.717, 1.165) is 71.1 Å². The van der Waals surface area contributed by atoms with Gasteiger partial charge in [0.25, 0.3) is 0 Å². The fourth-order valence-corrected chi connectivity index (χ4v) is 3.65. The molecule has 2 aliphatic rings. The van der Waals surface area contributed by atoms with Gasteiger partial charge in [-0.1, -0.05) is 6.07 Å². The molecule has 0 N–H and O–H groups in total. The van der Waals surface area contributed by atoms with Crippen molar-refractivity contribution in [3.63, 3.8) is 0 Å². The average Bonchev–Trinajstić information content (AvgIpc) is 2.93. The highest BCUT2D eigenvalue weighted by Crippen LogP contribution is 2.13. The fourth-order valence-electron chi connectivity index (χ4n) is 3.65. The zero-order valence-corrected chi connectivity index (χ0v) is 15.6. The maximum Gasteiger partial charge on any atom is 0.223 e. The molecular weight excluding hydrogens is 330 g/mol. The summed E-state index contributed by atoms with van der Waals surface area (Å²) in [5.41, 5.74) is 0. The standard InChI is InChI=1S/C19H29N5O2/c1-17(25)22-9-4-8-21(11-12-22)10-6-19(26)24-15-13-23(14-16-24)18-5-2-3-7-20-18/h2-3,5,7H,4,6,8-16H2,1H3. The number of pyridine rings is 1. The normalized spacial score (nSPS) is 19.3. The Bertz CT molecular complexity index is 601. The van der Waals surface area contributed by atoms with Crippen molar-refractivity contribution >= 4 is 17.6 Å². The summed E-state index contributed by atoms with van der Waals surface area (Å²) in [6, 6.07) is 5.93. The highest BCUT2D eigenvalue weighted by atomic mass is 16.2. The van der Waals surface area contributed by atoms with Crippen molar-refractivity contribution in [1.29, 1.82) is 0 Å². The summed E-state index contributed by atoms with van der Waals surface area (Å²) in [7, 11) is 0. The first-order valence-electron chi connectivity index (χ1n) is 9.55. The number of hydrogen-bond acceptors (Lipinski definition) is 5. The quantitative estimate of drug-likeness (QED) is 0.791. The lowest BCUT2D eigenvalue weighted by molar-refractivity contribution is -0.132. The minimum absolute atomic E-state index is 0.147. The van der Waals surface area contributed by atoms with Crippen molar-refractivity contribution in [2.75, 3.05) is 63.8 Å². The first-order valence-corrected chi connectivity index (χ1v) is 9.55. The second-order valence-corrected chi connectivity index (χ2v) is 7.01. The van der Waals surface area contributed by atoms with Gasteiger partial charge in [0.05, 0.1) is 0 Å². The van der Waals surface area contributed by atoms with Crippen LogP contribution in [-0.4, -0.2) is 90.4 Å². The maximum atomic E-state index is 12.5. The Morgan fingerprint density at radius 3 is 2.42 bits per heavy atom. The lowest BCUT2D eigenvalue weighted by Gasteiger charge is -2.35. The zero-order valence-electron chi connectivity index (χ0n) is 15.6. The molecule has 0 aliphatic carbocycles. The van der Waals surface area contributed by atoms with E-state index >= 15 is 0 Å². The molecule has 7 heteroatoms. The van der Waals surface area contributed by atoms with Crippen LogP contribution < -0.4 is 4.90 Å². The number of nitrogens with zero attached hydrogens (tertiary/aromatic N) is 5. The molecule has 1 aromatic heterocycles. The van der Waals surface area contributed by atoms with Crippen molar-refractivity contribution in [3.05, 3.63) is 24.4 Å². The van der Waals surface area contributed by atoms with Gasteiger partial charge in [-0.3, -0.25) is 9.59 Å². The van der Waals surface area contributed by atoms with Gasteiger partial charge in [0, 0.05) is 71.9 Å². The lowest BCUT2D eigenvalue weighted by Crippen LogP contribution is -2.49. The molecule has 0 atom stereocenters. The van der Waals surface area contributed by atoms with E-state index in [1.165, 1.54) is 0 Å². The van der Waals surface area contributed by atoms with Crippen molar-refractivity contribution in [2.45, 2.75) is 19.8 Å². The smallest absolute Gasteiger partial charge is 0.223 e. The van der Waals surface area contributed by atoms with Crippen LogP contribution in [0.2, 0.25) is 0 Å². The molecule has 2 saturated heterocycles. The van der Waals surface area contributed by atoms with Crippen LogP contribution in [0, 0.1) is 0 Å². The molecular formula is C19H29N5O2. The van der Waals surface area contributed by atoms with E-state index in [4.69, 9.17) is 0 Å². The Balaban J connectivity index is 1.40. The largest absolute Gasteiger partial charge is 0.353 e. The molecule has 142 valence electrons. The number of piperazine rings is 1. The minimum Gasteiger partial charge on any atom is -0.353 e. The predicted molar refractivity (Wildman–Crippen MR) is 101 cm³/mol. The molecule has 7 nitrogen and oxygen atoms in total. The molecule has 0 saturated carbocycles. The Morgan fingerprint density at radius 1 is 0.962 bits per heavy atom. The van der Waals surface area contributed by atoms with E-state index < -0.39 is 0 Å². The van der Waals surface area contributed by atoms with Crippen LogP contribution in [0.4, 0.5) is 5.82 Å². The number of rotatable bonds is 4. The summed E-state index contributed by atoms with van der Waals surface area (Å²) >= 11 is 0. The number of carbonyl (C=O) groups excluding carboxylic acids is 2. The topological polar surface area (TPSA) is 60.0 Å². The van der Waals surface area contributed by atoms with Gasteiger partial charge in [-0.2, -0.15) is 0 Å². The third-order valence-electron chi connectivity index (χ3n) is 5.28. The number of carbonyl (C=O) groups is 2. The molecule has 0 aromatic carbocycles. The molecule has 3 rings (SSSR count). The summed E-state index contributed by atoms with van der Waals surface area (Å²) < 4.78 is 0. The third kappa shape index (κ3) is 4.94. The Hall–Kier alpha value is -2.15. The van der Waals surface area contributed by atoms with Gasteiger partial charge in [0.15, 0.2) is 0 Å². The van der Waals surface area contributed by atoms with Gasteiger partial charge >= 0.3 is 0 Å². The van der Waals surface area contributed by atoms with Crippen LogP contribution in [0.25, 0.3) is 0 Å². The van der Waals surface area contributed by atoms with Gasteiger partial charge < -0.3 is 19.6 Å². The Morgan fingerprint density at radius 2 is 1.73 bits per heavy atom.